The Bertz CT molecular complexity index is 999. The van der Waals surface area contributed by atoms with Crippen molar-refractivity contribution in [1.82, 2.24) is 14.8 Å². The molecule has 34 heavy (non-hydrogen) atoms. The van der Waals surface area contributed by atoms with Crippen molar-refractivity contribution in [3.05, 3.63) is 51.2 Å². The van der Waals surface area contributed by atoms with Crippen LogP contribution in [-0.2, 0) is 17.7 Å². The van der Waals surface area contributed by atoms with E-state index in [9.17, 15) is 9.18 Å². The molecule has 6 nitrogen and oxygen atoms in total. The molecule has 0 unspecified atom stereocenters. The van der Waals surface area contributed by atoms with Gasteiger partial charge in [-0.3, -0.25) is 9.69 Å². The topological polar surface area (TPSA) is 65.9 Å². The van der Waals surface area contributed by atoms with E-state index in [1.165, 1.54) is 31.7 Å². The largest absolute Gasteiger partial charge is 0.396 e. The highest BCUT2D eigenvalue weighted by molar-refractivity contribution is 7.09. The maximum atomic E-state index is 14.0. The number of nitrogens with zero attached hydrogens (tertiary/aromatic N) is 3. The van der Waals surface area contributed by atoms with Gasteiger partial charge in [-0.2, -0.15) is 0 Å². The van der Waals surface area contributed by atoms with E-state index in [1.54, 1.807) is 17.4 Å². The molecule has 3 aliphatic rings. The lowest BCUT2D eigenvalue weighted by atomic mass is 9.89. The van der Waals surface area contributed by atoms with Crippen molar-refractivity contribution in [3.63, 3.8) is 0 Å². The SMILES string of the molecule is O=C(c1csc(C2CCCC2)n1)N1CCOC2(CCN(Cc3cc(F)cc(CCO)c3)CC2)C1. The zero-order chi connectivity index (χ0) is 23.5. The Labute approximate surface area is 204 Å². The molecule has 0 bridgehead atoms. The summed E-state index contributed by atoms with van der Waals surface area (Å²) < 4.78 is 20.2. The van der Waals surface area contributed by atoms with Gasteiger partial charge in [0.2, 0.25) is 0 Å². The van der Waals surface area contributed by atoms with E-state index in [4.69, 9.17) is 14.8 Å². The first-order chi connectivity index (χ1) is 16.5. The van der Waals surface area contributed by atoms with Crippen LogP contribution in [-0.4, -0.2) is 70.8 Å². The zero-order valence-corrected chi connectivity index (χ0v) is 20.5. The van der Waals surface area contributed by atoms with Crippen LogP contribution in [0.1, 0.15) is 71.1 Å². The maximum Gasteiger partial charge on any atom is 0.273 e. The number of carbonyl (C=O) groups is 1. The van der Waals surface area contributed by atoms with Crippen LogP contribution in [0, 0.1) is 5.82 Å². The van der Waals surface area contributed by atoms with E-state index in [1.807, 2.05) is 16.3 Å². The number of halogens is 1. The summed E-state index contributed by atoms with van der Waals surface area (Å²) in [4.78, 5) is 22.2. The summed E-state index contributed by atoms with van der Waals surface area (Å²) in [5.74, 6) is 0.309. The van der Waals surface area contributed by atoms with Gasteiger partial charge < -0.3 is 14.7 Å². The van der Waals surface area contributed by atoms with E-state index in [0.29, 0.717) is 44.3 Å². The quantitative estimate of drug-likeness (QED) is 0.668. The Morgan fingerprint density at radius 1 is 1.18 bits per heavy atom. The molecule has 8 heteroatoms. The lowest BCUT2D eigenvalue weighted by Gasteiger charge is -2.47. The van der Waals surface area contributed by atoms with Gasteiger partial charge in [0, 0.05) is 44.1 Å². The Hall–Kier alpha value is -1.87. The monoisotopic (exact) mass is 487 g/mol. The molecule has 0 atom stereocenters. The average molecular weight is 488 g/mol. The highest BCUT2D eigenvalue weighted by Gasteiger charge is 2.41. The molecule has 1 amide bonds. The number of carbonyl (C=O) groups excluding carboxylic acids is 1. The fourth-order valence-corrected chi connectivity index (χ4v) is 6.65. The Kier molecular flexibility index (Phi) is 7.30. The molecule has 2 aromatic rings. The Balaban J connectivity index is 1.18. The number of aromatic nitrogens is 1. The first-order valence-corrected chi connectivity index (χ1v) is 13.4. The van der Waals surface area contributed by atoms with Gasteiger partial charge in [0.05, 0.1) is 23.8 Å². The molecule has 3 fully saturated rings. The minimum Gasteiger partial charge on any atom is -0.396 e. The summed E-state index contributed by atoms with van der Waals surface area (Å²) in [6, 6.07) is 5.05. The third-order valence-electron chi connectivity index (χ3n) is 7.57. The second kappa shape index (κ2) is 10.4. The standard InChI is InChI=1S/C26H34FN3O3S/c27-22-14-19(5-11-31)13-20(15-22)16-29-8-6-26(7-9-29)18-30(10-12-33-26)25(32)23-17-34-24(28-23)21-3-1-2-4-21/h13-15,17,21,31H,1-12,16,18H2. The van der Waals surface area contributed by atoms with Gasteiger partial charge in [-0.25, -0.2) is 9.37 Å². The molecular weight excluding hydrogens is 453 g/mol. The van der Waals surface area contributed by atoms with E-state index in [0.717, 1.165) is 42.1 Å². The van der Waals surface area contributed by atoms with Crippen molar-refractivity contribution in [1.29, 1.82) is 0 Å². The van der Waals surface area contributed by atoms with Gasteiger partial charge in [0.15, 0.2) is 0 Å². The van der Waals surface area contributed by atoms with Gasteiger partial charge in [-0.1, -0.05) is 18.9 Å². The van der Waals surface area contributed by atoms with Crippen LogP contribution < -0.4 is 0 Å². The van der Waals surface area contributed by atoms with Crippen LogP contribution in [0.15, 0.2) is 23.6 Å². The molecule has 0 radical (unpaired) electrons. The minimum absolute atomic E-state index is 0.0183. The summed E-state index contributed by atoms with van der Waals surface area (Å²) in [5.41, 5.74) is 2.04. The number of benzene rings is 1. The molecule has 1 spiro atoms. The van der Waals surface area contributed by atoms with Gasteiger partial charge in [0.25, 0.3) is 5.91 Å². The fourth-order valence-electron chi connectivity index (χ4n) is 5.69. The number of rotatable bonds is 6. The molecule has 5 rings (SSSR count). The third kappa shape index (κ3) is 5.35. The number of likely N-dealkylation sites (tertiary alicyclic amines) is 1. The van der Waals surface area contributed by atoms with E-state index in [-0.39, 0.29) is 23.9 Å². The van der Waals surface area contributed by atoms with E-state index >= 15 is 0 Å². The van der Waals surface area contributed by atoms with E-state index < -0.39 is 0 Å². The summed E-state index contributed by atoms with van der Waals surface area (Å²) in [5, 5.41) is 12.2. The number of piperidine rings is 1. The fraction of sp³-hybridized carbons (Fsp3) is 0.615. The molecule has 1 aliphatic carbocycles. The molecule has 1 saturated carbocycles. The number of aliphatic hydroxyl groups excluding tert-OH is 1. The highest BCUT2D eigenvalue weighted by atomic mass is 32.1. The number of aliphatic hydroxyl groups is 1. The third-order valence-corrected chi connectivity index (χ3v) is 8.58. The lowest BCUT2D eigenvalue weighted by molar-refractivity contribution is -0.128. The summed E-state index contributed by atoms with van der Waals surface area (Å²) in [6.07, 6.45) is 7.07. The predicted octanol–water partition coefficient (Wildman–Crippen LogP) is 3.98. The molecule has 1 aromatic carbocycles. The van der Waals surface area contributed by atoms with Gasteiger partial charge in [0.1, 0.15) is 11.5 Å². The summed E-state index contributed by atoms with van der Waals surface area (Å²) >= 11 is 1.64. The molecule has 1 aromatic heterocycles. The van der Waals surface area contributed by atoms with Crippen molar-refractivity contribution in [2.24, 2.45) is 0 Å². The van der Waals surface area contributed by atoms with Crippen LogP contribution in [0.4, 0.5) is 4.39 Å². The van der Waals surface area contributed by atoms with Gasteiger partial charge in [-0.05, 0) is 55.4 Å². The van der Waals surface area contributed by atoms with Crippen molar-refractivity contribution in [2.75, 3.05) is 39.4 Å². The number of morpholine rings is 1. The number of ether oxygens (including phenoxy) is 1. The van der Waals surface area contributed by atoms with Crippen molar-refractivity contribution in [2.45, 2.75) is 63.0 Å². The molecule has 2 saturated heterocycles. The van der Waals surface area contributed by atoms with Gasteiger partial charge in [-0.15, -0.1) is 11.3 Å². The molecule has 3 heterocycles. The van der Waals surface area contributed by atoms with Crippen LogP contribution in [0.5, 0.6) is 0 Å². The second-order valence-corrected chi connectivity index (χ2v) is 10.9. The zero-order valence-electron chi connectivity index (χ0n) is 19.7. The van der Waals surface area contributed by atoms with Crippen molar-refractivity contribution in [3.8, 4) is 0 Å². The molecule has 1 N–H and O–H groups in total. The van der Waals surface area contributed by atoms with Gasteiger partial charge >= 0.3 is 0 Å². The van der Waals surface area contributed by atoms with Crippen LogP contribution in [0.25, 0.3) is 0 Å². The van der Waals surface area contributed by atoms with Crippen LogP contribution >= 0.6 is 11.3 Å². The van der Waals surface area contributed by atoms with E-state index in [2.05, 4.69) is 4.90 Å². The summed E-state index contributed by atoms with van der Waals surface area (Å²) in [7, 11) is 0. The number of hydrogen-bond acceptors (Lipinski definition) is 6. The highest BCUT2D eigenvalue weighted by Crippen LogP contribution is 2.36. The Morgan fingerprint density at radius 2 is 1.94 bits per heavy atom. The smallest absolute Gasteiger partial charge is 0.273 e. The number of hydrogen-bond donors (Lipinski definition) is 1. The van der Waals surface area contributed by atoms with Crippen LogP contribution in [0.3, 0.4) is 0 Å². The molecule has 2 aliphatic heterocycles. The van der Waals surface area contributed by atoms with Crippen LogP contribution in [0.2, 0.25) is 0 Å². The first kappa shape index (κ1) is 23.9. The normalized spacial score (nSPS) is 21.4. The predicted molar refractivity (Wildman–Crippen MR) is 130 cm³/mol. The lowest BCUT2D eigenvalue weighted by Crippen LogP contribution is -2.58. The summed E-state index contributed by atoms with van der Waals surface area (Å²) in [6.45, 7) is 4.16. The molecule has 184 valence electrons. The minimum atomic E-state index is -0.307. The first-order valence-electron chi connectivity index (χ1n) is 12.5. The average Bonchev–Trinajstić information content (AvgIpc) is 3.53. The van der Waals surface area contributed by atoms with Crippen molar-refractivity contribution >= 4 is 17.2 Å². The van der Waals surface area contributed by atoms with Crippen molar-refractivity contribution < 1.29 is 19.0 Å². The maximum absolute atomic E-state index is 14.0. The number of thiazole rings is 1. The second-order valence-electron chi connectivity index (χ2n) is 10.0. The Morgan fingerprint density at radius 3 is 2.71 bits per heavy atom. The number of amides is 1. The molecular formula is C26H34FN3O3S.